The van der Waals surface area contributed by atoms with Crippen LogP contribution >= 0.6 is 0 Å². The number of nitrogens with zero attached hydrogens (tertiary/aromatic N) is 1. The van der Waals surface area contributed by atoms with Crippen molar-refractivity contribution in [1.29, 1.82) is 0 Å². The number of carbonyl (C=O) groups is 2. The van der Waals surface area contributed by atoms with E-state index < -0.39 is 11.6 Å². The molecule has 1 N–H and O–H groups in total. The van der Waals surface area contributed by atoms with Gasteiger partial charge in [0.25, 0.3) is 0 Å². The molecule has 0 fully saturated rings. The summed E-state index contributed by atoms with van der Waals surface area (Å²) in [5.41, 5.74) is 3.64. The first-order valence-corrected chi connectivity index (χ1v) is 13.0. The number of hydrogen-bond acceptors (Lipinski definition) is 4. The molecule has 1 unspecified atom stereocenters. The second-order valence-electron chi connectivity index (χ2n) is 10.6. The first-order valence-electron chi connectivity index (χ1n) is 13.0. The molecule has 3 aromatic carbocycles. The van der Waals surface area contributed by atoms with Crippen molar-refractivity contribution in [3.63, 3.8) is 0 Å². The Bertz CT molecular complexity index is 1220. The van der Waals surface area contributed by atoms with Gasteiger partial charge in [0.15, 0.2) is 11.5 Å². The van der Waals surface area contributed by atoms with Crippen LogP contribution in [0.25, 0.3) is 0 Å². The summed E-state index contributed by atoms with van der Waals surface area (Å²) in [6.45, 7) is 8.24. The maximum atomic E-state index is 13.9. The minimum absolute atomic E-state index is 0.0759. The molecule has 3 rings (SSSR count). The molecule has 1 atom stereocenters. The van der Waals surface area contributed by atoms with Gasteiger partial charge in [-0.1, -0.05) is 60.7 Å². The number of methoxy groups -OCH3 is 2. The average Bonchev–Trinajstić information content (AvgIpc) is 2.89. The zero-order valence-corrected chi connectivity index (χ0v) is 23.4. The fourth-order valence-electron chi connectivity index (χ4n) is 4.41. The van der Waals surface area contributed by atoms with E-state index in [2.05, 4.69) is 5.32 Å². The molecule has 38 heavy (non-hydrogen) atoms. The van der Waals surface area contributed by atoms with Gasteiger partial charge in [-0.25, -0.2) is 0 Å². The van der Waals surface area contributed by atoms with Gasteiger partial charge in [-0.2, -0.15) is 0 Å². The zero-order valence-electron chi connectivity index (χ0n) is 23.4. The highest BCUT2D eigenvalue weighted by atomic mass is 16.5. The van der Waals surface area contributed by atoms with Crippen molar-refractivity contribution in [1.82, 2.24) is 10.2 Å². The van der Waals surface area contributed by atoms with E-state index in [1.165, 1.54) is 0 Å². The highest BCUT2D eigenvalue weighted by Crippen LogP contribution is 2.28. The molecule has 6 heteroatoms. The summed E-state index contributed by atoms with van der Waals surface area (Å²) in [6, 6.07) is 22.9. The van der Waals surface area contributed by atoms with Crippen molar-refractivity contribution in [2.45, 2.75) is 65.1 Å². The van der Waals surface area contributed by atoms with E-state index in [-0.39, 0.29) is 18.2 Å². The van der Waals surface area contributed by atoms with Crippen LogP contribution in [-0.4, -0.2) is 42.5 Å². The number of hydrogen-bond donors (Lipinski definition) is 1. The van der Waals surface area contributed by atoms with Gasteiger partial charge in [-0.3, -0.25) is 9.59 Å². The Morgan fingerprint density at radius 3 is 2.16 bits per heavy atom. The van der Waals surface area contributed by atoms with Crippen molar-refractivity contribution in [3.05, 3.63) is 95.1 Å². The number of rotatable bonds is 11. The van der Waals surface area contributed by atoms with Gasteiger partial charge in [-0.05, 0) is 68.5 Å². The number of benzene rings is 3. The second kappa shape index (κ2) is 13.1. The molecule has 0 heterocycles. The monoisotopic (exact) mass is 516 g/mol. The summed E-state index contributed by atoms with van der Waals surface area (Å²) in [6.07, 6.45) is 1.20. The molecular weight excluding hydrogens is 476 g/mol. The van der Waals surface area contributed by atoms with E-state index in [1.54, 1.807) is 19.1 Å². The molecular formula is C32H40N2O4. The Morgan fingerprint density at radius 1 is 0.868 bits per heavy atom. The SMILES string of the molecule is COc1ccc(CCC(=O)N(Cc2ccccc2C)C(Cc2ccccc2)C(=O)NC(C)(C)C)cc1OC. The third-order valence-electron chi connectivity index (χ3n) is 6.45. The number of nitrogens with one attached hydrogen (secondary N) is 1. The van der Waals surface area contributed by atoms with Crippen LogP contribution in [0.15, 0.2) is 72.8 Å². The van der Waals surface area contributed by atoms with Crippen LogP contribution in [0.3, 0.4) is 0 Å². The quantitative estimate of drug-likeness (QED) is 0.365. The first kappa shape index (κ1) is 28.8. The Balaban J connectivity index is 1.94. The van der Waals surface area contributed by atoms with E-state index >= 15 is 0 Å². The predicted molar refractivity (Wildman–Crippen MR) is 151 cm³/mol. The number of carbonyl (C=O) groups excluding carboxylic acids is 2. The molecule has 0 spiro atoms. The topological polar surface area (TPSA) is 67.9 Å². The van der Waals surface area contributed by atoms with Crippen LogP contribution in [0.4, 0.5) is 0 Å². The van der Waals surface area contributed by atoms with Gasteiger partial charge >= 0.3 is 0 Å². The molecule has 0 aromatic heterocycles. The maximum Gasteiger partial charge on any atom is 0.243 e. The minimum atomic E-state index is -0.658. The molecule has 0 aliphatic rings. The van der Waals surface area contributed by atoms with E-state index in [1.807, 2.05) is 100 Å². The van der Waals surface area contributed by atoms with Gasteiger partial charge in [-0.15, -0.1) is 0 Å². The Labute approximate surface area is 227 Å². The summed E-state index contributed by atoms with van der Waals surface area (Å²) in [5.74, 6) is 1.04. The Hall–Kier alpha value is -3.80. The summed E-state index contributed by atoms with van der Waals surface area (Å²) >= 11 is 0. The Morgan fingerprint density at radius 2 is 1.53 bits per heavy atom. The zero-order chi connectivity index (χ0) is 27.7. The highest BCUT2D eigenvalue weighted by molar-refractivity contribution is 5.88. The largest absolute Gasteiger partial charge is 0.493 e. The second-order valence-corrected chi connectivity index (χ2v) is 10.6. The number of aryl methyl sites for hydroxylation is 2. The molecule has 6 nitrogen and oxygen atoms in total. The standard InChI is InChI=1S/C32H40N2O4/c1-23-12-10-11-15-26(23)22-34(30(35)19-17-25-16-18-28(37-5)29(21-25)38-6)27(31(36)33-32(2,3)4)20-24-13-8-7-9-14-24/h7-16,18,21,27H,17,19-20,22H2,1-6H3,(H,33,36). The smallest absolute Gasteiger partial charge is 0.243 e. The van der Waals surface area contributed by atoms with E-state index in [0.717, 1.165) is 22.3 Å². The Kier molecular flexibility index (Phi) is 9.94. The van der Waals surface area contributed by atoms with E-state index in [4.69, 9.17) is 9.47 Å². The molecule has 0 saturated carbocycles. The lowest BCUT2D eigenvalue weighted by molar-refractivity contribution is -0.141. The fraction of sp³-hybridized carbons (Fsp3) is 0.375. The highest BCUT2D eigenvalue weighted by Gasteiger charge is 2.32. The first-order chi connectivity index (χ1) is 18.1. The van der Waals surface area contributed by atoms with Gasteiger partial charge in [0.05, 0.1) is 14.2 Å². The average molecular weight is 517 g/mol. The van der Waals surface area contributed by atoms with Crippen LogP contribution in [0.5, 0.6) is 11.5 Å². The summed E-state index contributed by atoms with van der Waals surface area (Å²) < 4.78 is 10.8. The van der Waals surface area contributed by atoms with Crippen LogP contribution in [0, 0.1) is 6.92 Å². The van der Waals surface area contributed by atoms with Gasteiger partial charge in [0.2, 0.25) is 11.8 Å². The van der Waals surface area contributed by atoms with Crippen molar-refractivity contribution in [2.24, 2.45) is 0 Å². The van der Waals surface area contributed by atoms with Crippen molar-refractivity contribution in [3.8, 4) is 11.5 Å². The van der Waals surface area contributed by atoms with Crippen LogP contribution < -0.4 is 14.8 Å². The van der Waals surface area contributed by atoms with Gasteiger partial charge in [0.1, 0.15) is 6.04 Å². The lowest BCUT2D eigenvalue weighted by atomic mass is 9.99. The third kappa shape index (κ3) is 8.10. The lowest BCUT2D eigenvalue weighted by Crippen LogP contribution is -2.54. The maximum absolute atomic E-state index is 13.9. The minimum Gasteiger partial charge on any atom is -0.493 e. The van der Waals surface area contributed by atoms with Crippen LogP contribution in [-0.2, 0) is 29.0 Å². The number of amides is 2. The van der Waals surface area contributed by atoms with Crippen LogP contribution in [0.2, 0.25) is 0 Å². The summed E-state index contributed by atoms with van der Waals surface area (Å²) in [7, 11) is 3.19. The lowest BCUT2D eigenvalue weighted by Gasteiger charge is -2.34. The molecule has 0 bridgehead atoms. The van der Waals surface area contributed by atoms with Gasteiger partial charge in [0, 0.05) is 24.9 Å². The van der Waals surface area contributed by atoms with Crippen molar-refractivity contribution in [2.75, 3.05) is 14.2 Å². The molecule has 0 aliphatic heterocycles. The molecule has 0 aliphatic carbocycles. The molecule has 0 radical (unpaired) electrons. The van der Waals surface area contributed by atoms with Crippen molar-refractivity contribution < 1.29 is 19.1 Å². The van der Waals surface area contributed by atoms with E-state index in [9.17, 15) is 9.59 Å². The summed E-state index contributed by atoms with van der Waals surface area (Å²) in [5, 5.41) is 3.11. The molecule has 2 amide bonds. The van der Waals surface area contributed by atoms with Gasteiger partial charge < -0.3 is 19.7 Å². The van der Waals surface area contributed by atoms with Crippen LogP contribution in [0.1, 0.15) is 49.4 Å². The number of ether oxygens (including phenoxy) is 2. The predicted octanol–water partition coefficient (Wildman–Crippen LogP) is 5.50. The van der Waals surface area contributed by atoms with E-state index in [0.29, 0.717) is 30.9 Å². The summed E-state index contributed by atoms with van der Waals surface area (Å²) in [4.78, 5) is 29.3. The molecule has 0 saturated heterocycles. The molecule has 202 valence electrons. The normalized spacial score (nSPS) is 11.9. The van der Waals surface area contributed by atoms with Crippen molar-refractivity contribution >= 4 is 11.8 Å². The fourth-order valence-corrected chi connectivity index (χ4v) is 4.41. The molecule has 3 aromatic rings. The third-order valence-corrected chi connectivity index (χ3v) is 6.45.